The fraction of sp³-hybridized carbons (Fsp3) is 0.444. The smallest absolute Gasteiger partial charge is 0.336 e. The van der Waals surface area contributed by atoms with E-state index >= 15 is 0 Å². The predicted octanol–water partition coefficient (Wildman–Crippen LogP) is 3.78. The minimum Gasteiger partial charge on any atom is -0.423 e. The van der Waals surface area contributed by atoms with Gasteiger partial charge in [0.15, 0.2) is 5.11 Å². The largest absolute Gasteiger partial charge is 0.423 e. The number of piperidine rings is 1. The van der Waals surface area contributed by atoms with E-state index < -0.39 is 0 Å². The van der Waals surface area contributed by atoms with Crippen molar-refractivity contribution < 1.29 is 4.42 Å². The molecule has 1 aliphatic heterocycles. The summed E-state index contributed by atoms with van der Waals surface area (Å²) in [5.74, 6) is 1.30. The molecule has 1 N–H and O–H groups in total. The van der Waals surface area contributed by atoms with E-state index in [4.69, 9.17) is 16.6 Å². The summed E-state index contributed by atoms with van der Waals surface area (Å²) in [5.41, 5.74) is 2.03. The minimum absolute atomic E-state index is 0.326. The lowest BCUT2D eigenvalue weighted by Crippen LogP contribution is -2.44. The molecule has 2 heterocycles. The first kappa shape index (κ1) is 16.0. The van der Waals surface area contributed by atoms with Crippen LogP contribution in [0.4, 0.5) is 5.69 Å². The van der Waals surface area contributed by atoms with Gasteiger partial charge in [-0.05, 0) is 55.1 Å². The third-order valence-corrected chi connectivity index (χ3v) is 4.72. The van der Waals surface area contributed by atoms with Gasteiger partial charge in [0.25, 0.3) is 0 Å². The topological polar surface area (TPSA) is 45.5 Å². The first-order chi connectivity index (χ1) is 10.9. The summed E-state index contributed by atoms with van der Waals surface area (Å²) in [6.07, 6.45) is 1.25. The van der Waals surface area contributed by atoms with Crippen molar-refractivity contribution in [1.82, 2.24) is 4.90 Å². The van der Waals surface area contributed by atoms with E-state index in [0.717, 1.165) is 34.8 Å². The van der Waals surface area contributed by atoms with Crippen LogP contribution in [0.2, 0.25) is 0 Å². The Bertz CT molecular complexity index is 789. The Labute approximate surface area is 141 Å². The van der Waals surface area contributed by atoms with Gasteiger partial charge in [-0.1, -0.05) is 13.8 Å². The number of nitrogens with one attached hydrogen (secondary N) is 1. The molecule has 0 unspecified atom stereocenters. The van der Waals surface area contributed by atoms with E-state index in [1.807, 2.05) is 25.1 Å². The van der Waals surface area contributed by atoms with Gasteiger partial charge in [0, 0.05) is 36.3 Å². The molecule has 1 saturated heterocycles. The maximum Gasteiger partial charge on any atom is 0.336 e. The summed E-state index contributed by atoms with van der Waals surface area (Å²) < 4.78 is 5.29. The molecule has 1 aliphatic rings. The number of benzene rings is 1. The molecule has 23 heavy (non-hydrogen) atoms. The first-order valence-electron chi connectivity index (χ1n) is 8.03. The molecule has 1 aromatic carbocycles. The quantitative estimate of drug-likeness (QED) is 0.637. The number of anilines is 1. The average Bonchev–Trinajstić information content (AvgIpc) is 2.45. The van der Waals surface area contributed by atoms with E-state index in [2.05, 4.69) is 24.1 Å². The molecular formula is C18H22N2O2S. The number of fused-ring (bicyclic) bond motifs is 1. The molecule has 3 rings (SSSR count). The molecule has 0 amide bonds. The molecule has 0 radical (unpaired) electrons. The summed E-state index contributed by atoms with van der Waals surface area (Å²) in [4.78, 5) is 13.8. The molecular weight excluding hydrogens is 308 g/mol. The number of rotatable bonds is 1. The van der Waals surface area contributed by atoms with E-state index in [1.54, 1.807) is 0 Å². The fourth-order valence-electron chi connectivity index (χ4n) is 3.43. The molecule has 1 aromatic heterocycles. The highest BCUT2D eigenvalue weighted by atomic mass is 32.1. The predicted molar refractivity (Wildman–Crippen MR) is 98.0 cm³/mol. The highest BCUT2D eigenvalue weighted by molar-refractivity contribution is 7.80. The third kappa shape index (κ3) is 3.55. The van der Waals surface area contributed by atoms with Crippen molar-refractivity contribution in [2.24, 2.45) is 11.8 Å². The Balaban J connectivity index is 1.81. The maximum atomic E-state index is 11.5. The number of hydrogen-bond donors (Lipinski definition) is 1. The minimum atomic E-state index is -0.326. The van der Waals surface area contributed by atoms with Gasteiger partial charge in [-0.3, -0.25) is 0 Å². The molecule has 2 aromatic rings. The second-order valence-electron chi connectivity index (χ2n) is 6.74. The molecule has 1 fully saturated rings. The monoisotopic (exact) mass is 330 g/mol. The molecule has 122 valence electrons. The summed E-state index contributed by atoms with van der Waals surface area (Å²) in [5, 5.41) is 4.96. The van der Waals surface area contributed by atoms with Crippen molar-refractivity contribution in [3.05, 3.63) is 40.2 Å². The Morgan fingerprint density at radius 1 is 1.26 bits per heavy atom. The summed E-state index contributed by atoms with van der Waals surface area (Å²) in [6.45, 7) is 8.40. The van der Waals surface area contributed by atoms with E-state index in [-0.39, 0.29) is 5.63 Å². The Kier molecular flexibility index (Phi) is 4.39. The van der Waals surface area contributed by atoms with E-state index in [1.165, 1.54) is 12.5 Å². The zero-order valence-electron chi connectivity index (χ0n) is 13.8. The average molecular weight is 330 g/mol. The van der Waals surface area contributed by atoms with Gasteiger partial charge >= 0.3 is 5.63 Å². The van der Waals surface area contributed by atoms with Gasteiger partial charge in [-0.2, -0.15) is 0 Å². The highest BCUT2D eigenvalue weighted by Gasteiger charge is 2.23. The van der Waals surface area contributed by atoms with Crippen LogP contribution < -0.4 is 10.9 Å². The van der Waals surface area contributed by atoms with Crippen molar-refractivity contribution in [3.8, 4) is 0 Å². The lowest BCUT2D eigenvalue weighted by molar-refractivity contribution is 0.216. The molecule has 0 spiro atoms. The van der Waals surface area contributed by atoms with Crippen LogP contribution in [0.15, 0.2) is 33.5 Å². The van der Waals surface area contributed by atoms with Crippen LogP contribution in [0.5, 0.6) is 0 Å². The van der Waals surface area contributed by atoms with Crippen molar-refractivity contribution in [2.75, 3.05) is 18.4 Å². The van der Waals surface area contributed by atoms with Crippen molar-refractivity contribution in [1.29, 1.82) is 0 Å². The summed E-state index contributed by atoms with van der Waals surface area (Å²) in [6, 6.07) is 7.28. The van der Waals surface area contributed by atoms with Gasteiger partial charge in [0.2, 0.25) is 0 Å². The van der Waals surface area contributed by atoms with Crippen LogP contribution in [0.3, 0.4) is 0 Å². The van der Waals surface area contributed by atoms with Gasteiger partial charge in [0.05, 0.1) is 0 Å². The number of nitrogens with zero attached hydrogens (tertiary/aromatic N) is 1. The molecule has 0 aliphatic carbocycles. The lowest BCUT2D eigenvalue weighted by Gasteiger charge is -2.36. The zero-order chi connectivity index (χ0) is 16.6. The Hall–Kier alpha value is -1.88. The number of hydrogen-bond acceptors (Lipinski definition) is 3. The SMILES string of the molecule is Cc1cc(=O)oc2cc(NC(=S)N3C[C@H](C)C[C@H](C)C3)ccc12. The lowest BCUT2D eigenvalue weighted by atomic mass is 9.92. The van der Waals surface area contributed by atoms with Gasteiger partial charge in [-0.25, -0.2) is 4.79 Å². The summed E-state index contributed by atoms with van der Waals surface area (Å²) in [7, 11) is 0. The molecule has 5 heteroatoms. The van der Waals surface area contributed by atoms with Crippen molar-refractivity contribution in [2.45, 2.75) is 27.2 Å². The second-order valence-corrected chi connectivity index (χ2v) is 7.13. The van der Waals surface area contributed by atoms with Crippen LogP contribution in [0.25, 0.3) is 11.0 Å². The van der Waals surface area contributed by atoms with Crippen LogP contribution in [-0.2, 0) is 0 Å². The van der Waals surface area contributed by atoms with E-state index in [0.29, 0.717) is 17.4 Å². The van der Waals surface area contributed by atoms with Crippen molar-refractivity contribution in [3.63, 3.8) is 0 Å². The van der Waals surface area contributed by atoms with Crippen LogP contribution >= 0.6 is 12.2 Å². The van der Waals surface area contributed by atoms with Crippen molar-refractivity contribution >= 4 is 34.0 Å². The first-order valence-corrected chi connectivity index (χ1v) is 8.43. The number of aryl methyl sites for hydroxylation is 1. The zero-order valence-corrected chi connectivity index (χ0v) is 14.6. The third-order valence-electron chi connectivity index (χ3n) is 4.36. The molecule has 4 nitrogen and oxygen atoms in total. The number of thiocarbonyl (C=S) groups is 1. The van der Waals surface area contributed by atoms with Crippen LogP contribution in [-0.4, -0.2) is 23.1 Å². The van der Waals surface area contributed by atoms with Crippen LogP contribution in [0.1, 0.15) is 25.8 Å². The fourth-order valence-corrected chi connectivity index (χ4v) is 3.70. The standard InChI is InChI=1S/C18H22N2O2S/c1-11-6-12(2)10-20(9-11)18(23)19-14-4-5-15-13(3)7-17(21)22-16(15)8-14/h4-5,7-8,11-12H,6,9-10H2,1-3H3,(H,19,23)/t11-,12+. The Morgan fingerprint density at radius 3 is 2.65 bits per heavy atom. The van der Waals surface area contributed by atoms with Gasteiger partial charge in [-0.15, -0.1) is 0 Å². The highest BCUT2D eigenvalue weighted by Crippen LogP contribution is 2.24. The molecule has 2 atom stereocenters. The van der Waals surface area contributed by atoms with E-state index in [9.17, 15) is 4.79 Å². The second kappa shape index (κ2) is 6.32. The normalized spacial score (nSPS) is 21.4. The van der Waals surface area contributed by atoms with Gasteiger partial charge in [0.1, 0.15) is 5.58 Å². The van der Waals surface area contributed by atoms with Crippen LogP contribution in [0, 0.1) is 18.8 Å². The molecule has 0 bridgehead atoms. The summed E-state index contributed by atoms with van der Waals surface area (Å²) >= 11 is 5.56. The Morgan fingerprint density at radius 2 is 1.96 bits per heavy atom. The number of likely N-dealkylation sites (tertiary alicyclic amines) is 1. The maximum absolute atomic E-state index is 11.5. The van der Waals surface area contributed by atoms with Gasteiger partial charge < -0.3 is 14.6 Å². The molecule has 0 saturated carbocycles.